The second kappa shape index (κ2) is 5.73. The topological polar surface area (TPSA) is 60.1 Å². The molecule has 0 spiro atoms. The summed E-state index contributed by atoms with van der Waals surface area (Å²) in [6, 6.07) is 3.83. The highest BCUT2D eigenvalue weighted by atomic mass is 16.3. The Labute approximate surface area is 112 Å². The lowest BCUT2D eigenvalue weighted by Crippen LogP contribution is -2.25. The monoisotopic (exact) mass is 261 g/mol. The van der Waals surface area contributed by atoms with Gasteiger partial charge in [0.05, 0.1) is 12.0 Å². The second-order valence-corrected chi connectivity index (χ2v) is 4.69. The van der Waals surface area contributed by atoms with E-state index in [1.54, 1.807) is 6.07 Å². The molecule has 0 unspecified atom stereocenters. The van der Waals surface area contributed by atoms with Crippen molar-refractivity contribution in [3.63, 3.8) is 0 Å². The zero-order chi connectivity index (χ0) is 13.8. The first-order chi connectivity index (χ1) is 9.08. The van der Waals surface area contributed by atoms with Crippen molar-refractivity contribution >= 4 is 5.91 Å². The molecule has 0 saturated heterocycles. The van der Waals surface area contributed by atoms with E-state index in [0.29, 0.717) is 12.3 Å². The standard InChI is InChI=1S/C14H19N3O2/c1-10-5-8-19-13(10)14(18)15-6-4-7-17-12(3)9-11(2)16-17/h5,8-9H,4,6-7H2,1-3H3,(H,15,18). The Morgan fingerprint density at radius 2 is 2.21 bits per heavy atom. The van der Waals surface area contributed by atoms with Crippen LogP contribution in [0, 0.1) is 20.8 Å². The molecular formula is C14H19N3O2. The lowest BCUT2D eigenvalue weighted by molar-refractivity contribution is 0.0924. The molecule has 5 nitrogen and oxygen atoms in total. The van der Waals surface area contributed by atoms with Crippen LogP contribution >= 0.6 is 0 Å². The molecule has 5 heteroatoms. The van der Waals surface area contributed by atoms with Gasteiger partial charge in [-0.3, -0.25) is 9.48 Å². The quantitative estimate of drug-likeness (QED) is 0.839. The molecule has 0 aliphatic carbocycles. The third kappa shape index (κ3) is 3.24. The maximum atomic E-state index is 11.8. The number of carbonyl (C=O) groups excluding carboxylic acids is 1. The van der Waals surface area contributed by atoms with Gasteiger partial charge in [0, 0.05) is 24.3 Å². The van der Waals surface area contributed by atoms with Crippen LogP contribution in [0.1, 0.15) is 33.9 Å². The molecular weight excluding hydrogens is 242 g/mol. The van der Waals surface area contributed by atoms with Gasteiger partial charge >= 0.3 is 0 Å². The van der Waals surface area contributed by atoms with E-state index in [-0.39, 0.29) is 5.91 Å². The maximum absolute atomic E-state index is 11.8. The van der Waals surface area contributed by atoms with Gasteiger partial charge in [0.2, 0.25) is 0 Å². The first-order valence-electron chi connectivity index (χ1n) is 6.41. The van der Waals surface area contributed by atoms with Crippen LogP contribution in [0.2, 0.25) is 0 Å². The zero-order valence-corrected chi connectivity index (χ0v) is 11.6. The number of hydrogen-bond acceptors (Lipinski definition) is 3. The Morgan fingerprint density at radius 3 is 2.79 bits per heavy atom. The van der Waals surface area contributed by atoms with Crippen LogP contribution in [0.4, 0.5) is 0 Å². The van der Waals surface area contributed by atoms with Crippen LogP contribution in [0.25, 0.3) is 0 Å². The number of aryl methyl sites for hydroxylation is 4. The number of nitrogens with zero attached hydrogens (tertiary/aromatic N) is 2. The number of amides is 1. The summed E-state index contributed by atoms with van der Waals surface area (Å²) in [4.78, 5) is 11.8. The highest BCUT2D eigenvalue weighted by Gasteiger charge is 2.11. The molecule has 2 aromatic rings. The van der Waals surface area contributed by atoms with Gasteiger partial charge in [0.1, 0.15) is 0 Å². The molecule has 0 atom stereocenters. The van der Waals surface area contributed by atoms with Crippen molar-refractivity contribution < 1.29 is 9.21 Å². The Balaban J connectivity index is 1.77. The number of furan rings is 1. The molecule has 0 aliphatic heterocycles. The van der Waals surface area contributed by atoms with Crippen molar-refractivity contribution in [3.05, 3.63) is 41.1 Å². The van der Waals surface area contributed by atoms with Gasteiger partial charge in [0.25, 0.3) is 5.91 Å². The maximum Gasteiger partial charge on any atom is 0.287 e. The highest BCUT2D eigenvalue weighted by molar-refractivity contribution is 5.92. The molecule has 0 bridgehead atoms. The number of aromatic nitrogens is 2. The lowest BCUT2D eigenvalue weighted by Gasteiger charge is -2.06. The molecule has 2 aromatic heterocycles. The number of carbonyl (C=O) groups is 1. The van der Waals surface area contributed by atoms with E-state index in [9.17, 15) is 4.79 Å². The SMILES string of the molecule is Cc1cc(C)n(CCCNC(=O)c2occc2C)n1. The predicted octanol–water partition coefficient (Wildman–Crippen LogP) is 2.22. The molecule has 19 heavy (non-hydrogen) atoms. The molecule has 2 heterocycles. The zero-order valence-electron chi connectivity index (χ0n) is 11.6. The van der Waals surface area contributed by atoms with Crippen molar-refractivity contribution in [3.8, 4) is 0 Å². The van der Waals surface area contributed by atoms with Crippen LogP contribution < -0.4 is 5.32 Å². The van der Waals surface area contributed by atoms with Crippen molar-refractivity contribution in [1.82, 2.24) is 15.1 Å². The molecule has 0 aromatic carbocycles. The van der Waals surface area contributed by atoms with Crippen LogP contribution in [0.5, 0.6) is 0 Å². The van der Waals surface area contributed by atoms with E-state index in [1.165, 1.54) is 6.26 Å². The fourth-order valence-corrected chi connectivity index (χ4v) is 2.02. The molecule has 102 valence electrons. The summed E-state index contributed by atoms with van der Waals surface area (Å²) in [6.07, 6.45) is 2.37. The minimum Gasteiger partial charge on any atom is -0.459 e. The third-order valence-corrected chi connectivity index (χ3v) is 3.00. The summed E-state index contributed by atoms with van der Waals surface area (Å²) in [5, 5.41) is 7.22. The van der Waals surface area contributed by atoms with Gasteiger partial charge in [-0.05, 0) is 39.3 Å². The predicted molar refractivity (Wildman–Crippen MR) is 72.1 cm³/mol. The summed E-state index contributed by atoms with van der Waals surface area (Å²) < 4.78 is 7.09. The Bertz CT molecular complexity index is 569. The summed E-state index contributed by atoms with van der Waals surface area (Å²) in [7, 11) is 0. The summed E-state index contributed by atoms with van der Waals surface area (Å²) in [5.41, 5.74) is 3.02. The van der Waals surface area contributed by atoms with E-state index >= 15 is 0 Å². The van der Waals surface area contributed by atoms with E-state index < -0.39 is 0 Å². The van der Waals surface area contributed by atoms with Crippen molar-refractivity contribution in [2.75, 3.05) is 6.54 Å². The Morgan fingerprint density at radius 1 is 1.42 bits per heavy atom. The largest absolute Gasteiger partial charge is 0.459 e. The fraction of sp³-hybridized carbons (Fsp3) is 0.429. The summed E-state index contributed by atoms with van der Waals surface area (Å²) >= 11 is 0. The smallest absolute Gasteiger partial charge is 0.287 e. The molecule has 0 aliphatic rings. The van der Waals surface area contributed by atoms with Gasteiger partial charge in [-0.2, -0.15) is 5.10 Å². The highest BCUT2D eigenvalue weighted by Crippen LogP contribution is 2.08. The van der Waals surface area contributed by atoms with Gasteiger partial charge in [-0.15, -0.1) is 0 Å². The minimum atomic E-state index is -0.157. The second-order valence-electron chi connectivity index (χ2n) is 4.69. The van der Waals surface area contributed by atoms with E-state index in [1.807, 2.05) is 31.5 Å². The first kappa shape index (κ1) is 13.4. The van der Waals surface area contributed by atoms with Gasteiger partial charge in [0.15, 0.2) is 5.76 Å². The van der Waals surface area contributed by atoms with Gasteiger partial charge in [-0.1, -0.05) is 0 Å². The van der Waals surface area contributed by atoms with E-state index in [0.717, 1.165) is 29.9 Å². The average molecular weight is 261 g/mol. The third-order valence-electron chi connectivity index (χ3n) is 3.00. The first-order valence-corrected chi connectivity index (χ1v) is 6.41. The van der Waals surface area contributed by atoms with Crippen molar-refractivity contribution in [1.29, 1.82) is 0 Å². The van der Waals surface area contributed by atoms with E-state index in [4.69, 9.17) is 4.42 Å². The Kier molecular flexibility index (Phi) is 4.04. The summed E-state index contributed by atoms with van der Waals surface area (Å²) in [6.45, 7) is 7.28. The minimum absolute atomic E-state index is 0.157. The molecule has 0 saturated carbocycles. The van der Waals surface area contributed by atoms with Crippen LogP contribution in [-0.4, -0.2) is 22.2 Å². The fourth-order valence-electron chi connectivity index (χ4n) is 2.02. The average Bonchev–Trinajstić information content (AvgIpc) is 2.91. The van der Waals surface area contributed by atoms with Gasteiger partial charge in [-0.25, -0.2) is 0 Å². The number of hydrogen-bond donors (Lipinski definition) is 1. The van der Waals surface area contributed by atoms with Crippen molar-refractivity contribution in [2.45, 2.75) is 33.7 Å². The molecule has 0 fully saturated rings. The van der Waals surface area contributed by atoms with E-state index in [2.05, 4.69) is 10.4 Å². The number of nitrogens with one attached hydrogen (secondary N) is 1. The van der Waals surface area contributed by atoms with Crippen molar-refractivity contribution in [2.24, 2.45) is 0 Å². The molecule has 1 amide bonds. The van der Waals surface area contributed by atoms with Crippen LogP contribution in [-0.2, 0) is 6.54 Å². The Hall–Kier alpha value is -2.04. The summed E-state index contributed by atoms with van der Waals surface area (Å²) in [5.74, 6) is 0.238. The normalized spacial score (nSPS) is 10.7. The lowest BCUT2D eigenvalue weighted by atomic mass is 10.2. The van der Waals surface area contributed by atoms with Crippen LogP contribution in [0.3, 0.4) is 0 Å². The molecule has 1 N–H and O–H groups in total. The molecule has 2 rings (SSSR count). The number of rotatable bonds is 5. The van der Waals surface area contributed by atoms with Crippen LogP contribution in [0.15, 0.2) is 22.8 Å². The van der Waals surface area contributed by atoms with Gasteiger partial charge < -0.3 is 9.73 Å². The molecule has 0 radical (unpaired) electrons.